The maximum absolute atomic E-state index is 12.3. The summed E-state index contributed by atoms with van der Waals surface area (Å²) in [5.41, 5.74) is 0.928. The molecule has 0 aliphatic carbocycles. The topological polar surface area (TPSA) is 101 Å². The van der Waals surface area contributed by atoms with Crippen molar-refractivity contribution in [1.82, 2.24) is 15.5 Å². The molecule has 1 aromatic carbocycles. The van der Waals surface area contributed by atoms with Crippen molar-refractivity contribution in [3.05, 3.63) is 42.5 Å². The van der Waals surface area contributed by atoms with E-state index in [2.05, 4.69) is 25.1 Å². The average molecular weight is 313 g/mol. The standard InChI is InChI=1S/C15H15N5O3/c1-10(14-16-9-23-19-14)17-15(22)12-7-8-13(21)20(18-12)11-5-3-2-4-6-11/h2-6,9-10H,7-8H2,1H3,(H,17,22)/t10-/m0/s1. The molecule has 2 heterocycles. The minimum absolute atomic E-state index is 0.140. The first-order chi connectivity index (χ1) is 11.1. The molecule has 0 radical (unpaired) electrons. The van der Waals surface area contributed by atoms with E-state index in [0.717, 1.165) is 0 Å². The number of carbonyl (C=O) groups excluding carboxylic acids is 2. The van der Waals surface area contributed by atoms with E-state index >= 15 is 0 Å². The van der Waals surface area contributed by atoms with Crippen LogP contribution in [0, 0.1) is 0 Å². The van der Waals surface area contributed by atoms with Crippen molar-refractivity contribution in [1.29, 1.82) is 0 Å². The van der Waals surface area contributed by atoms with Gasteiger partial charge in [-0.25, -0.2) is 5.01 Å². The van der Waals surface area contributed by atoms with Gasteiger partial charge in [-0.1, -0.05) is 23.4 Å². The van der Waals surface area contributed by atoms with Gasteiger partial charge >= 0.3 is 0 Å². The molecular weight excluding hydrogens is 298 g/mol. The van der Waals surface area contributed by atoms with Crippen molar-refractivity contribution in [3.63, 3.8) is 0 Å². The largest absolute Gasteiger partial charge is 0.343 e. The molecule has 1 aromatic heterocycles. The molecule has 2 aromatic rings. The maximum atomic E-state index is 12.3. The zero-order chi connectivity index (χ0) is 16.2. The van der Waals surface area contributed by atoms with Gasteiger partial charge in [-0.3, -0.25) is 9.59 Å². The lowest BCUT2D eigenvalue weighted by molar-refractivity contribution is -0.119. The van der Waals surface area contributed by atoms with Crippen LogP contribution in [0.1, 0.15) is 31.6 Å². The van der Waals surface area contributed by atoms with Crippen LogP contribution in [0.5, 0.6) is 0 Å². The van der Waals surface area contributed by atoms with Crippen LogP contribution in [-0.4, -0.2) is 27.7 Å². The molecule has 1 atom stereocenters. The second kappa shape index (κ2) is 6.39. The molecule has 0 unspecified atom stereocenters. The lowest BCUT2D eigenvalue weighted by atomic mass is 10.1. The van der Waals surface area contributed by atoms with E-state index in [-0.39, 0.29) is 18.2 Å². The van der Waals surface area contributed by atoms with Gasteiger partial charge in [0.15, 0.2) is 5.82 Å². The fourth-order valence-corrected chi connectivity index (χ4v) is 2.20. The number of carbonyl (C=O) groups is 2. The molecule has 23 heavy (non-hydrogen) atoms. The number of rotatable bonds is 4. The van der Waals surface area contributed by atoms with E-state index in [4.69, 9.17) is 0 Å². The minimum atomic E-state index is -0.410. The third-order valence-corrected chi connectivity index (χ3v) is 3.41. The number of benzene rings is 1. The summed E-state index contributed by atoms with van der Waals surface area (Å²) < 4.78 is 4.66. The Kier molecular flexibility index (Phi) is 4.13. The Balaban J connectivity index is 1.76. The summed E-state index contributed by atoms with van der Waals surface area (Å²) in [6, 6.07) is 8.60. The van der Waals surface area contributed by atoms with E-state index in [1.54, 1.807) is 19.1 Å². The van der Waals surface area contributed by atoms with Gasteiger partial charge in [0.25, 0.3) is 5.91 Å². The van der Waals surface area contributed by atoms with Gasteiger partial charge in [0, 0.05) is 12.8 Å². The van der Waals surface area contributed by atoms with Crippen LogP contribution in [0.3, 0.4) is 0 Å². The van der Waals surface area contributed by atoms with E-state index in [1.165, 1.54) is 11.4 Å². The number of hydrogen-bond acceptors (Lipinski definition) is 6. The molecule has 3 rings (SSSR count). The third kappa shape index (κ3) is 3.25. The molecule has 0 saturated heterocycles. The molecule has 1 aliphatic heterocycles. The van der Waals surface area contributed by atoms with Crippen molar-refractivity contribution >= 4 is 23.2 Å². The van der Waals surface area contributed by atoms with Crippen LogP contribution in [0.2, 0.25) is 0 Å². The smallest absolute Gasteiger partial charge is 0.268 e. The Morgan fingerprint density at radius 3 is 2.78 bits per heavy atom. The first-order valence-corrected chi connectivity index (χ1v) is 7.18. The first-order valence-electron chi connectivity index (χ1n) is 7.18. The summed E-state index contributed by atoms with van der Waals surface area (Å²) in [5, 5.41) is 11.9. The lowest BCUT2D eigenvalue weighted by Crippen LogP contribution is -2.40. The van der Waals surface area contributed by atoms with Crippen LogP contribution in [0.25, 0.3) is 0 Å². The Morgan fingerprint density at radius 2 is 2.09 bits per heavy atom. The van der Waals surface area contributed by atoms with Crippen molar-refractivity contribution < 1.29 is 14.1 Å². The second-order valence-electron chi connectivity index (χ2n) is 5.07. The molecule has 0 bridgehead atoms. The number of para-hydroxylation sites is 1. The number of anilines is 1. The molecule has 1 N–H and O–H groups in total. The molecule has 8 heteroatoms. The zero-order valence-corrected chi connectivity index (χ0v) is 12.5. The minimum Gasteiger partial charge on any atom is -0.343 e. The Morgan fingerprint density at radius 1 is 1.30 bits per heavy atom. The summed E-state index contributed by atoms with van der Waals surface area (Å²) in [7, 11) is 0. The molecule has 8 nitrogen and oxygen atoms in total. The van der Waals surface area contributed by atoms with E-state index < -0.39 is 6.04 Å². The SMILES string of the molecule is C[C@H](NC(=O)C1=NN(c2ccccc2)C(=O)CC1)c1ncon1. The normalized spacial score (nSPS) is 16.0. The summed E-state index contributed by atoms with van der Waals surface area (Å²) in [4.78, 5) is 28.2. The predicted molar refractivity (Wildman–Crippen MR) is 81.5 cm³/mol. The Labute approximate surface area is 132 Å². The highest BCUT2D eigenvalue weighted by atomic mass is 16.5. The van der Waals surface area contributed by atoms with E-state index in [0.29, 0.717) is 23.6 Å². The number of hydrazone groups is 1. The predicted octanol–water partition coefficient (Wildman–Crippen LogP) is 1.43. The third-order valence-electron chi connectivity index (χ3n) is 3.41. The molecule has 0 saturated carbocycles. The molecule has 2 amide bonds. The number of nitrogens with zero attached hydrogens (tertiary/aromatic N) is 4. The number of amides is 2. The van der Waals surface area contributed by atoms with Crippen molar-refractivity contribution in [2.45, 2.75) is 25.8 Å². The number of aromatic nitrogens is 2. The average Bonchev–Trinajstić information content (AvgIpc) is 3.10. The Hall–Kier alpha value is -3.03. The summed E-state index contributed by atoms with van der Waals surface area (Å²) in [6.45, 7) is 1.74. The quantitative estimate of drug-likeness (QED) is 0.920. The van der Waals surface area contributed by atoms with E-state index in [1.807, 2.05) is 18.2 Å². The van der Waals surface area contributed by atoms with Gasteiger partial charge in [0.05, 0.1) is 11.7 Å². The molecule has 0 spiro atoms. The highest BCUT2D eigenvalue weighted by Crippen LogP contribution is 2.20. The molecule has 1 aliphatic rings. The number of nitrogens with one attached hydrogen (secondary N) is 1. The fourth-order valence-electron chi connectivity index (χ4n) is 2.20. The van der Waals surface area contributed by atoms with Crippen molar-refractivity contribution in [2.24, 2.45) is 5.10 Å². The fraction of sp³-hybridized carbons (Fsp3) is 0.267. The van der Waals surface area contributed by atoms with Crippen LogP contribution in [-0.2, 0) is 9.59 Å². The van der Waals surface area contributed by atoms with Crippen LogP contribution in [0.15, 0.2) is 46.3 Å². The zero-order valence-electron chi connectivity index (χ0n) is 12.5. The van der Waals surface area contributed by atoms with Gasteiger partial charge in [-0.05, 0) is 19.1 Å². The highest BCUT2D eigenvalue weighted by Gasteiger charge is 2.26. The second-order valence-corrected chi connectivity index (χ2v) is 5.07. The van der Waals surface area contributed by atoms with Crippen LogP contribution >= 0.6 is 0 Å². The number of hydrogen-bond donors (Lipinski definition) is 1. The summed E-state index contributed by atoms with van der Waals surface area (Å²) in [6.07, 6.45) is 1.73. The van der Waals surface area contributed by atoms with Crippen molar-refractivity contribution in [3.8, 4) is 0 Å². The highest BCUT2D eigenvalue weighted by molar-refractivity contribution is 6.40. The first kappa shape index (κ1) is 14.9. The maximum Gasteiger partial charge on any atom is 0.268 e. The van der Waals surface area contributed by atoms with Crippen LogP contribution < -0.4 is 10.3 Å². The monoisotopic (exact) mass is 313 g/mol. The van der Waals surface area contributed by atoms with Gasteiger partial charge in [0.1, 0.15) is 5.71 Å². The molecule has 118 valence electrons. The Bertz CT molecular complexity index is 727. The van der Waals surface area contributed by atoms with Gasteiger partial charge in [-0.2, -0.15) is 10.1 Å². The van der Waals surface area contributed by atoms with E-state index in [9.17, 15) is 9.59 Å². The summed E-state index contributed by atoms with van der Waals surface area (Å²) >= 11 is 0. The van der Waals surface area contributed by atoms with Crippen molar-refractivity contribution in [2.75, 3.05) is 5.01 Å². The lowest BCUT2D eigenvalue weighted by Gasteiger charge is -2.23. The van der Waals surface area contributed by atoms with Gasteiger partial charge in [0.2, 0.25) is 12.3 Å². The van der Waals surface area contributed by atoms with Crippen LogP contribution in [0.4, 0.5) is 5.69 Å². The molecule has 0 fully saturated rings. The molecular formula is C15H15N5O3. The summed E-state index contributed by atoms with van der Waals surface area (Å²) in [5.74, 6) is -0.111. The van der Waals surface area contributed by atoms with Gasteiger partial charge < -0.3 is 9.84 Å². The van der Waals surface area contributed by atoms with Gasteiger partial charge in [-0.15, -0.1) is 0 Å².